The van der Waals surface area contributed by atoms with Gasteiger partial charge in [0, 0.05) is 12.5 Å². The number of amides is 1. The number of carbonyl (C=O) groups excluding carboxylic acids is 1. The van der Waals surface area contributed by atoms with Gasteiger partial charge in [-0.15, -0.1) is 0 Å². The molecule has 17 heavy (non-hydrogen) atoms. The summed E-state index contributed by atoms with van der Waals surface area (Å²) < 4.78 is 0. The molecule has 2 atom stereocenters. The summed E-state index contributed by atoms with van der Waals surface area (Å²) in [6.07, 6.45) is 8.14. The molecule has 0 heterocycles. The van der Waals surface area contributed by atoms with Gasteiger partial charge in [-0.2, -0.15) is 0 Å². The predicted octanol–water partition coefficient (Wildman–Crippen LogP) is 2.62. The van der Waals surface area contributed by atoms with Crippen molar-refractivity contribution in [1.82, 2.24) is 5.32 Å². The number of nitrogens with one attached hydrogen (secondary N) is 1. The maximum atomic E-state index is 11.7. The van der Waals surface area contributed by atoms with Crippen LogP contribution >= 0.6 is 0 Å². The second kappa shape index (κ2) is 7.70. The number of hydrogen-bond donors (Lipinski definition) is 2. The Labute approximate surface area is 105 Å². The van der Waals surface area contributed by atoms with Gasteiger partial charge in [0.25, 0.3) is 0 Å². The van der Waals surface area contributed by atoms with Crippen molar-refractivity contribution in [3.05, 3.63) is 0 Å². The highest BCUT2D eigenvalue weighted by atomic mass is 16.3. The normalized spacial score (nSPS) is 20.9. The number of hydrogen-bond acceptors (Lipinski definition) is 2. The first-order chi connectivity index (χ1) is 8.13. The van der Waals surface area contributed by atoms with Crippen molar-refractivity contribution in [2.24, 2.45) is 5.92 Å². The first kappa shape index (κ1) is 14.5. The van der Waals surface area contributed by atoms with Crippen LogP contribution in [0.3, 0.4) is 0 Å². The van der Waals surface area contributed by atoms with E-state index in [9.17, 15) is 4.79 Å². The number of carbonyl (C=O) groups is 1. The van der Waals surface area contributed by atoms with Gasteiger partial charge in [0.05, 0.1) is 6.10 Å². The van der Waals surface area contributed by atoms with Crippen molar-refractivity contribution < 1.29 is 9.90 Å². The molecule has 0 saturated heterocycles. The van der Waals surface area contributed by atoms with Gasteiger partial charge in [-0.05, 0) is 38.5 Å². The van der Waals surface area contributed by atoms with Gasteiger partial charge in [0.2, 0.25) is 5.91 Å². The van der Waals surface area contributed by atoms with Crippen LogP contribution in [-0.2, 0) is 4.79 Å². The maximum absolute atomic E-state index is 11.7. The lowest BCUT2D eigenvalue weighted by Gasteiger charge is -2.30. The minimum Gasteiger partial charge on any atom is -0.393 e. The SMILES string of the molecule is CCC(NC(=O)CCC(C)O)C1CCCCC1. The average Bonchev–Trinajstić information content (AvgIpc) is 2.34. The molecule has 1 aliphatic carbocycles. The fourth-order valence-corrected chi connectivity index (χ4v) is 2.71. The summed E-state index contributed by atoms with van der Waals surface area (Å²) in [5, 5.41) is 12.3. The van der Waals surface area contributed by atoms with Gasteiger partial charge in [0.15, 0.2) is 0 Å². The van der Waals surface area contributed by atoms with Crippen LogP contribution < -0.4 is 5.32 Å². The van der Waals surface area contributed by atoms with E-state index in [0.29, 0.717) is 24.8 Å². The monoisotopic (exact) mass is 241 g/mol. The van der Waals surface area contributed by atoms with Crippen LogP contribution in [0.4, 0.5) is 0 Å². The minimum absolute atomic E-state index is 0.100. The summed E-state index contributed by atoms with van der Waals surface area (Å²) >= 11 is 0. The molecule has 1 amide bonds. The summed E-state index contributed by atoms with van der Waals surface area (Å²) in [7, 11) is 0. The van der Waals surface area contributed by atoms with Gasteiger partial charge in [-0.3, -0.25) is 4.79 Å². The van der Waals surface area contributed by atoms with Crippen molar-refractivity contribution in [3.8, 4) is 0 Å². The molecule has 0 bridgehead atoms. The van der Waals surface area contributed by atoms with Gasteiger partial charge in [-0.25, -0.2) is 0 Å². The number of aliphatic hydroxyl groups is 1. The molecule has 3 nitrogen and oxygen atoms in total. The Balaban J connectivity index is 2.32. The third kappa shape index (κ3) is 5.53. The number of aliphatic hydroxyl groups excluding tert-OH is 1. The van der Waals surface area contributed by atoms with Crippen LogP contribution in [0.5, 0.6) is 0 Å². The van der Waals surface area contributed by atoms with Crippen molar-refractivity contribution in [1.29, 1.82) is 0 Å². The van der Waals surface area contributed by atoms with Crippen molar-refractivity contribution in [2.45, 2.75) is 77.4 Å². The van der Waals surface area contributed by atoms with E-state index in [0.717, 1.165) is 6.42 Å². The molecule has 1 rings (SSSR count). The van der Waals surface area contributed by atoms with Crippen LogP contribution in [0.15, 0.2) is 0 Å². The van der Waals surface area contributed by atoms with Crippen LogP contribution in [0.1, 0.15) is 65.2 Å². The van der Waals surface area contributed by atoms with Crippen molar-refractivity contribution >= 4 is 5.91 Å². The van der Waals surface area contributed by atoms with E-state index in [2.05, 4.69) is 12.2 Å². The molecule has 100 valence electrons. The van der Waals surface area contributed by atoms with Crippen LogP contribution in [0.25, 0.3) is 0 Å². The second-order valence-electron chi connectivity index (χ2n) is 5.37. The first-order valence-electron chi connectivity index (χ1n) is 7.11. The van der Waals surface area contributed by atoms with E-state index in [1.54, 1.807) is 6.92 Å². The smallest absolute Gasteiger partial charge is 0.220 e. The molecule has 0 aliphatic heterocycles. The predicted molar refractivity (Wildman–Crippen MR) is 69.7 cm³/mol. The van der Waals surface area contributed by atoms with Crippen LogP contribution in [0, 0.1) is 5.92 Å². The Hall–Kier alpha value is -0.570. The maximum Gasteiger partial charge on any atom is 0.220 e. The van der Waals surface area contributed by atoms with E-state index >= 15 is 0 Å². The van der Waals surface area contributed by atoms with Gasteiger partial charge in [-0.1, -0.05) is 26.2 Å². The quantitative estimate of drug-likeness (QED) is 0.751. The number of rotatable bonds is 6. The van der Waals surface area contributed by atoms with Crippen LogP contribution in [0.2, 0.25) is 0 Å². The largest absolute Gasteiger partial charge is 0.393 e. The van der Waals surface area contributed by atoms with E-state index in [-0.39, 0.29) is 12.0 Å². The molecule has 0 aromatic rings. The Morgan fingerprint density at radius 1 is 1.35 bits per heavy atom. The standard InChI is InChI=1S/C14H27NO2/c1-3-13(12-7-5-4-6-8-12)15-14(17)10-9-11(2)16/h11-13,16H,3-10H2,1-2H3,(H,15,17). The van der Waals surface area contributed by atoms with Gasteiger partial charge < -0.3 is 10.4 Å². The van der Waals surface area contributed by atoms with E-state index in [1.165, 1.54) is 32.1 Å². The Morgan fingerprint density at radius 3 is 2.53 bits per heavy atom. The molecule has 0 aromatic carbocycles. The summed E-state index contributed by atoms with van der Waals surface area (Å²) in [6, 6.07) is 0.344. The molecular weight excluding hydrogens is 214 g/mol. The summed E-state index contributed by atoms with van der Waals surface area (Å²) in [5.74, 6) is 0.771. The molecular formula is C14H27NO2. The zero-order valence-electron chi connectivity index (χ0n) is 11.2. The Morgan fingerprint density at radius 2 is 2.00 bits per heavy atom. The molecule has 1 aliphatic rings. The van der Waals surface area contributed by atoms with Crippen LogP contribution in [-0.4, -0.2) is 23.2 Å². The first-order valence-corrected chi connectivity index (χ1v) is 7.11. The Bertz CT molecular complexity index is 222. The second-order valence-corrected chi connectivity index (χ2v) is 5.37. The Kier molecular flexibility index (Phi) is 6.56. The zero-order chi connectivity index (χ0) is 12.7. The third-order valence-corrected chi connectivity index (χ3v) is 3.79. The van der Waals surface area contributed by atoms with E-state index in [1.807, 2.05) is 0 Å². The van der Waals surface area contributed by atoms with Gasteiger partial charge in [0.1, 0.15) is 0 Å². The molecule has 3 heteroatoms. The lowest BCUT2D eigenvalue weighted by molar-refractivity contribution is -0.122. The molecule has 0 aromatic heterocycles. The zero-order valence-corrected chi connectivity index (χ0v) is 11.2. The van der Waals surface area contributed by atoms with Crippen molar-refractivity contribution in [3.63, 3.8) is 0 Å². The topological polar surface area (TPSA) is 49.3 Å². The fourth-order valence-electron chi connectivity index (χ4n) is 2.71. The molecule has 1 saturated carbocycles. The highest BCUT2D eigenvalue weighted by Crippen LogP contribution is 2.27. The van der Waals surface area contributed by atoms with E-state index in [4.69, 9.17) is 5.11 Å². The fraction of sp³-hybridized carbons (Fsp3) is 0.929. The van der Waals surface area contributed by atoms with Crippen molar-refractivity contribution in [2.75, 3.05) is 0 Å². The molecule has 0 spiro atoms. The molecule has 1 fully saturated rings. The minimum atomic E-state index is -0.379. The lowest BCUT2D eigenvalue weighted by Crippen LogP contribution is -2.40. The molecule has 2 unspecified atom stereocenters. The molecule has 2 N–H and O–H groups in total. The third-order valence-electron chi connectivity index (χ3n) is 3.79. The summed E-state index contributed by atoms with van der Waals surface area (Å²) in [4.78, 5) is 11.7. The highest BCUT2D eigenvalue weighted by Gasteiger charge is 2.23. The van der Waals surface area contributed by atoms with Gasteiger partial charge >= 0.3 is 0 Å². The average molecular weight is 241 g/mol. The lowest BCUT2D eigenvalue weighted by atomic mass is 9.83. The summed E-state index contributed by atoms with van der Waals surface area (Å²) in [6.45, 7) is 3.87. The molecule has 0 radical (unpaired) electrons. The van der Waals surface area contributed by atoms with E-state index < -0.39 is 0 Å². The summed E-state index contributed by atoms with van der Waals surface area (Å²) in [5.41, 5.74) is 0. The highest BCUT2D eigenvalue weighted by molar-refractivity contribution is 5.76.